The van der Waals surface area contributed by atoms with Crippen LogP contribution in [0.2, 0.25) is 0 Å². The molecule has 1 heterocycles. The van der Waals surface area contributed by atoms with Crippen molar-refractivity contribution in [3.8, 4) is 0 Å². The van der Waals surface area contributed by atoms with Crippen LogP contribution in [0.3, 0.4) is 0 Å². The first kappa shape index (κ1) is 15.4. The normalized spacial score (nSPS) is 11.7. The number of carbonyl (C=O) groups is 1. The summed E-state index contributed by atoms with van der Waals surface area (Å²) in [4.78, 5) is 11.7. The molecule has 0 unspecified atom stereocenters. The Morgan fingerprint density at radius 3 is 2.48 bits per heavy atom. The Kier molecular flexibility index (Phi) is 4.56. The predicted molar refractivity (Wildman–Crippen MR) is 77.7 cm³/mol. The van der Waals surface area contributed by atoms with Crippen molar-refractivity contribution in [2.45, 2.75) is 5.09 Å². The van der Waals surface area contributed by atoms with Gasteiger partial charge in [0, 0.05) is 10.0 Å². The number of rotatable bonds is 4. The zero-order chi connectivity index (χ0) is 15.5. The van der Waals surface area contributed by atoms with E-state index < -0.39 is 21.1 Å². The molecule has 0 saturated heterocycles. The van der Waals surface area contributed by atoms with Gasteiger partial charge in [-0.25, -0.2) is 5.43 Å². The third-order valence-electron chi connectivity index (χ3n) is 2.32. The molecule has 1 amide bonds. The van der Waals surface area contributed by atoms with E-state index >= 15 is 0 Å². The van der Waals surface area contributed by atoms with Crippen LogP contribution in [-0.2, 0) is 10.1 Å². The van der Waals surface area contributed by atoms with Gasteiger partial charge in [-0.1, -0.05) is 15.9 Å². The average Bonchev–Trinajstić information content (AvgIpc) is 2.88. The number of benzene rings is 1. The van der Waals surface area contributed by atoms with E-state index in [0.29, 0.717) is 5.56 Å². The van der Waals surface area contributed by atoms with Crippen molar-refractivity contribution in [3.05, 3.63) is 52.2 Å². The number of nitrogens with one attached hydrogen (secondary N) is 1. The number of furan rings is 1. The minimum Gasteiger partial charge on any atom is -0.441 e. The Morgan fingerprint density at radius 2 is 1.90 bits per heavy atom. The largest absolute Gasteiger partial charge is 0.441 e. The highest BCUT2D eigenvalue weighted by Gasteiger charge is 2.14. The molecule has 2 N–H and O–H groups in total. The van der Waals surface area contributed by atoms with Gasteiger partial charge in [0.05, 0.1) is 6.21 Å². The van der Waals surface area contributed by atoms with Crippen LogP contribution in [0.1, 0.15) is 16.1 Å². The number of hydrogen-bond acceptors (Lipinski definition) is 5. The van der Waals surface area contributed by atoms with Gasteiger partial charge in [0.2, 0.25) is 5.09 Å². The minimum absolute atomic E-state index is 0.0683. The second-order valence-corrected chi connectivity index (χ2v) is 6.11. The molecule has 0 radical (unpaired) electrons. The molecule has 0 fully saturated rings. The number of hydrogen-bond donors (Lipinski definition) is 2. The molecule has 2 aromatic rings. The summed E-state index contributed by atoms with van der Waals surface area (Å²) in [6, 6.07) is 9.01. The minimum atomic E-state index is -4.39. The van der Waals surface area contributed by atoms with E-state index in [9.17, 15) is 13.2 Å². The van der Waals surface area contributed by atoms with Crippen LogP contribution in [0, 0.1) is 0 Å². The lowest BCUT2D eigenvalue weighted by Gasteiger charge is -1.99. The lowest BCUT2D eigenvalue weighted by atomic mass is 10.2. The molecule has 21 heavy (non-hydrogen) atoms. The van der Waals surface area contributed by atoms with Crippen LogP contribution in [0.25, 0.3) is 0 Å². The van der Waals surface area contributed by atoms with E-state index in [1.54, 1.807) is 24.3 Å². The quantitative estimate of drug-likeness (QED) is 0.484. The lowest BCUT2D eigenvalue weighted by molar-refractivity contribution is 0.0955. The highest BCUT2D eigenvalue weighted by molar-refractivity contribution is 9.10. The van der Waals surface area contributed by atoms with Gasteiger partial charge in [-0.05, 0) is 36.4 Å². The van der Waals surface area contributed by atoms with E-state index in [0.717, 1.165) is 16.8 Å². The van der Waals surface area contributed by atoms with Crippen molar-refractivity contribution in [1.29, 1.82) is 0 Å². The molecule has 1 aromatic carbocycles. The fourth-order valence-electron chi connectivity index (χ4n) is 1.36. The van der Waals surface area contributed by atoms with Crippen molar-refractivity contribution in [2.24, 2.45) is 5.10 Å². The van der Waals surface area contributed by atoms with E-state index in [1.165, 1.54) is 6.07 Å². The molecule has 0 aliphatic carbocycles. The molecule has 7 nitrogen and oxygen atoms in total. The average molecular weight is 373 g/mol. The van der Waals surface area contributed by atoms with E-state index in [-0.39, 0.29) is 5.76 Å². The van der Waals surface area contributed by atoms with Crippen LogP contribution < -0.4 is 5.43 Å². The van der Waals surface area contributed by atoms with Crippen molar-refractivity contribution in [1.82, 2.24) is 5.43 Å². The fourth-order valence-corrected chi connectivity index (χ4v) is 2.07. The third kappa shape index (κ3) is 4.25. The van der Waals surface area contributed by atoms with Gasteiger partial charge in [-0.15, -0.1) is 0 Å². The third-order valence-corrected chi connectivity index (χ3v) is 3.58. The Hall–Kier alpha value is -1.97. The zero-order valence-corrected chi connectivity index (χ0v) is 12.8. The Bertz CT molecular complexity index is 780. The Balaban J connectivity index is 2.01. The van der Waals surface area contributed by atoms with E-state index in [2.05, 4.69) is 26.5 Å². The summed E-state index contributed by atoms with van der Waals surface area (Å²) in [5.41, 5.74) is 2.67. The topological polar surface area (TPSA) is 109 Å². The first-order chi connectivity index (χ1) is 9.86. The van der Waals surface area contributed by atoms with Gasteiger partial charge in [0.25, 0.3) is 5.91 Å². The second-order valence-electron chi connectivity index (χ2n) is 3.84. The smallest absolute Gasteiger partial charge is 0.328 e. The predicted octanol–water partition coefficient (Wildman–Crippen LogP) is 2.05. The molecule has 0 aliphatic heterocycles. The SMILES string of the molecule is O=C(N/N=C\c1ccc(S(=O)(=O)O)o1)c1ccc(Br)cc1. The van der Waals surface area contributed by atoms with E-state index in [1.807, 2.05) is 0 Å². The summed E-state index contributed by atoms with van der Waals surface area (Å²) in [6.07, 6.45) is 1.12. The van der Waals surface area contributed by atoms with Crippen molar-refractivity contribution < 1.29 is 22.2 Å². The van der Waals surface area contributed by atoms with Gasteiger partial charge < -0.3 is 4.42 Å². The Morgan fingerprint density at radius 1 is 1.24 bits per heavy atom. The summed E-state index contributed by atoms with van der Waals surface area (Å²) in [7, 11) is -4.39. The van der Waals surface area contributed by atoms with Crippen LogP contribution >= 0.6 is 15.9 Å². The molecule has 0 saturated carbocycles. The fraction of sp³-hybridized carbons (Fsp3) is 0. The molecule has 0 spiro atoms. The molecule has 110 valence electrons. The van der Waals surface area contributed by atoms with Crippen molar-refractivity contribution in [2.75, 3.05) is 0 Å². The van der Waals surface area contributed by atoms with Crippen LogP contribution in [-0.4, -0.2) is 25.1 Å². The number of halogens is 1. The van der Waals surface area contributed by atoms with Gasteiger partial charge in [0.1, 0.15) is 5.76 Å². The standard InChI is InChI=1S/C12H9BrN2O5S/c13-9-3-1-8(2-4-9)12(16)15-14-7-10-5-6-11(20-10)21(17,18)19/h1-7H,(H,15,16)(H,17,18,19)/b14-7-. The van der Waals surface area contributed by atoms with Crippen LogP contribution in [0.4, 0.5) is 0 Å². The summed E-state index contributed by atoms with van der Waals surface area (Å²) < 4.78 is 36.0. The molecular formula is C12H9BrN2O5S. The van der Waals surface area contributed by atoms with Crippen molar-refractivity contribution in [3.63, 3.8) is 0 Å². The van der Waals surface area contributed by atoms with Gasteiger partial charge in [-0.2, -0.15) is 13.5 Å². The molecular weight excluding hydrogens is 364 g/mol. The first-order valence-corrected chi connectivity index (χ1v) is 7.76. The summed E-state index contributed by atoms with van der Waals surface area (Å²) in [6.45, 7) is 0. The van der Waals surface area contributed by atoms with Crippen LogP contribution in [0.5, 0.6) is 0 Å². The molecule has 0 aliphatic rings. The highest BCUT2D eigenvalue weighted by Crippen LogP contribution is 2.12. The van der Waals surface area contributed by atoms with Crippen LogP contribution in [0.15, 0.2) is 55.5 Å². The summed E-state index contributed by atoms with van der Waals surface area (Å²) >= 11 is 3.25. The molecule has 0 atom stereocenters. The molecule has 9 heteroatoms. The van der Waals surface area contributed by atoms with Crippen molar-refractivity contribution >= 4 is 38.2 Å². The number of nitrogens with zero attached hydrogens (tertiary/aromatic N) is 1. The molecule has 1 aromatic heterocycles. The summed E-state index contributed by atoms with van der Waals surface area (Å²) in [5.74, 6) is -0.362. The lowest BCUT2D eigenvalue weighted by Crippen LogP contribution is -2.17. The number of amides is 1. The maximum atomic E-state index is 11.7. The maximum absolute atomic E-state index is 11.7. The number of carbonyl (C=O) groups excluding carboxylic acids is 1. The second kappa shape index (κ2) is 6.20. The van der Waals surface area contributed by atoms with Gasteiger partial charge >= 0.3 is 10.1 Å². The van der Waals surface area contributed by atoms with Gasteiger partial charge in [0.15, 0.2) is 0 Å². The van der Waals surface area contributed by atoms with E-state index in [4.69, 9.17) is 8.97 Å². The van der Waals surface area contributed by atoms with Gasteiger partial charge in [-0.3, -0.25) is 9.35 Å². The monoisotopic (exact) mass is 372 g/mol. The zero-order valence-electron chi connectivity index (χ0n) is 10.4. The highest BCUT2D eigenvalue weighted by atomic mass is 79.9. The molecule has 2 rings (SSSR count). The first-order valence-electron chi connectivity index (χ1n) is 5.52. The maximum Gasteiger partial charge on any atom is 0.328 e. The Labute approximate surface area is 128 Å². The molecule has 0 bridgehead atoms. The number of hydrazone groups is 1. The summed E-state index contributed by atoms with van der Waals surface area (Å²) in [5, 5.41) is 3.03.